The lowest BCUT2D eigenvalue weighted by molar-refractivity contribution is 0.398. The van der Waals surface area contributed by atoms with E-state index in [1.54, 1.807) is 12.1 Å². The third-order valence-electron chi connectivity index (χ3n) is 3.10. The number of sulfonamides is 1. The van der Waals surface area contributed by atoms with E-state index in [1.807, 2.05) is 0 Å². The second kappa shape index (κ2) is 5.73. The van der Waals surface area contributed by atoms with Crippen molar-refractivity contribution in [1.29, 1.82) is 0 Å². The Hall–Kier alpha value is -2.87. The highest BCUT2D eigenvalue weighted by atomic mass is 32.2. The molecule has 0 saturated heterocycles. The number of hydrogen-bond acceptors (Lipinski definition) is 6. The van der Waals surface area contributed by atoms with E-state index in [1.165, 1.54) is 43.6 Å². The van der Waals surface area contributed by atoms with Crippen molar-refractivity contribution in [3.05, 3.63) is 59.1 Å². The van der Waals surface area contributed by atoms with Crippen molar-refractivity contribution in [1.82, 2.24) is 4.98 Å². The topological polar surface area (TPSA) is 98.5 Å². The van der Waals surface area contributed by atoms with Gasteiger partial charge in [0.1, 0.15) is 5.58 Å². The molecule has 2 aromatic heterocycles. The number of benzene rings is 1. The first-order valence-corrected chi connectivity index (χ1v) is 8.03. The van der Waals surface area contributed by atoms with Crippen molar-refractivity contribution < 1.29 is 17.6 Å². The number of methoxy groups -OCH3 is 1. The maximum absolute atomic E-state index is 12.4. The molecule has 0 aliphatic rings. The van der Waals surface area contributed by atoms with Gasteiger partial charge in [0.15, 0.2) is 0 Å². The molecule has 0 unspecified atom stereocenters. The van der Waals surface area contributed by atoms with Crippen LogP contribution in [0.1, 0.15) is 0 Å². The third kappa shape index (κ3) is 3.16. The van der Waals surface area contributed by atoms with Gasteiger partial charge < -0.3 is 9.15 Å². The molecule has 0 radical (unpaired) electrons. The molecule has 23 heavy (non-hydrogen) atoms. The zero-order valence-electron chi connectivity index (χ0n) is 12.0. The molecule has 1 N–H and O–H groups in total. The number of pyridine rings is 1. The summed E-state index contributed by atoms with van der Waals surface area (Å²) < 4.78 is 37.1. The molecule has 0 aliphatic heterocycles. The molecule has 0 atom stereocenters. The van der Waals surface area contributed by atoms with Crippen molar-refractivity contribution in [2.75, 3.05) is 11.8 Å². The number of rotatable bonds is 4. The molecule has 0 aliphatic carbocycles. The Labute approximate surface area is 131 Å². The van der Waals surface area contributed by atoms with Gasteiger partial charge in [-0.05, 0) is 30.3 Å². The molecule has 8 heteroatoms. The van der Waals surface area contributed by atoms with Crippen molar-refractivity contribution in [3.63, 3.8) is 0 Å². The van der Waals surface area contributed by atoms with E-state index in [0.29, 0.717) is 22.5 Å². The molecule has 7 nitrogen and oxygen atoms in total. The minimum Gasteiger partial charge on any atom is -0.481 e. The maximum Gasteiger partial charge on any atom is 0.336 e. The lowest BCUT2D eigenvalue weighted by atomic mass is 10.2. The Balaban J connectivity index is 1.95. The summed E-state index contributed by atoms with van der Waals surface area (Å²) in [5.41, 5.74) is 0.142. The van der Waals surface area contributed by atoms with Crippen molar-refractivity contribution >= 4 is 26.7 Å². The first-order chi connectivity index (χ1) is 11.0. The molecular formula is C15H12N2O5S. The lowest BCUT2D eigenvalue weighted by Gasteiger charge is -2.08. The van der Waals surface area contributed by atoms with Crippen LogP contribution in [0.25, 0.3) is 11.0 Å². The van der Waals surface area contributed by atoms with Crippen LogP contribution in [0.15, 0.2) is 62.8 Å². The Morgan fingerprint density at radius 1 is 1.13 bits per heavy atom. The minimum absolute atomic E-state index is 0.0506. The molecule has 0 fully saturated rings. The highest BCUT2D eigenvalue weighted by molar-refractivity contribution is 7.92. The van der Waals surface area contributed by atoms with Gasteiger partial charge in [-0.3, -0.25) is 4.72 Å². The fourth-order valence-corrected chi connectivity index (χ4v) is 3.07. The van der Waals surface area contributed by atoms with Crippen LogP contribution in [0.2, 0.25) is 0 Å². The quantitative estimate of drug-likeness (QED) is 0.734. The normalized spacial score (nSPS) is 11.3. The van der Waals surface area contributed by atoms with Gasteiger partial charge in [0, 0.05) is 17.5 Å². The van der Waals surface area contributed by atoms with Crippen LogP contribution in [-0.4, -0.2) is 20.5 Å². The minimum atomic E-state index is -3.79. The molecular weight excluding hydrogens is 320 g/mol. The van der Waals surface area contributed by atoms with Gasteiger partial charge in [0.25, 0.3) is 10.0 Å². The number of ether oxygens (including phenoxy) is 1. The van der Waals surface area contributed by atoms with Gasteiger partial charge >= 0.3 is 5.63 Å². The average molecular weight is 332 g/mol. The van der Waals surface area contributed by atoms with Crippen LogP contribution in [0.3, 0.4) is 0 Å². The van der Waals surface area contributed by atoms with E-state index in [0.717, 1.165) is 0 Å². The van der Waals surface area contributed by atoms with Crippen LogP contribution in [0, 0.1) is 0 Å². The summed E-state index contributed by atoms with van der Waals surface area (Å²) >= 11 is 0. The fraction of sp³-hybridized carbons (Fsp3) is 0.0667. The second-order valence-corrected chi connectivity index (χ2v) is 6.33. The van der Waals surface area contributed by atoms with Crippen LogP contribution in [0.4, 0.5) is 5.69 Å². The van der Waals surface area contributed by atoms with Gasteiger partial charge in [0.2, 0.25) is 5.88 Å². The van der Waals surface area contributed by atoms with Crippen LogP contribution in [0.5, 0.6) is 5.88 Å². The van der Waals surface area contributed by atoms with E-state index in [2.05, 4.69) is 9.71 Å². The Kier molecular flexibility index (Phi) is 3.75. The number of anilines is 1. The third-order valence-corrected chi connectivity index (χ3v) is 4.48. The van der Waals surface area contributed by atoms with E-state index in [4.69, 9.17) is 9.15 Å². The summed E-state index contributed by atoms with van der Waals surface area (Å²) in [6.07, 6.45) is 1.36. The van der Waals surface area contributed by atoms with E-state index >= 15 is 0 Å². The highest BCUT2D eigenvalue weighted by Crippen LogP contribution is 2.21. The molecule has 0 amide bonds. The summed E-state index contributed by atoms with van der Waals surface area (Å²) in [6, 6.07) is 10.1. The van der Waals surface area contributed by atoms with E-state index < -0.39 is 15.6 Å². The van der Waals surface area contributed by atoms with Gasteiger partial charge in [0.05, 0.1) is 23.9 Å². The van der Waals surface area contributed by atoms with Crippen molar-refractivity contribution in [3.8, 4) is 5.88 Å². The van der Waals surface area contributed by atoms with Crippen LogP contribution < -0.4 is 15.1 Å². The molecule has 118 valence electrons. The van der Waals surface area contributed by atoms with Crippen LogP contribution in [-0.2, 0) is 10.0 Å². The molecule has 0 spiro atoms. The standard InChI is InChI=1S/C15H12N2O5S/c1-21-14-6-3-11(9-16-14)17-23(19,20)12-4-5-13-10(8-12)2-7-15(18)22-13/h2-9,17H,1H3. The smallest absolute Gasteiger partial charge is 0.336 e. The fourth-order valence-electron chi connectivity index (χ4n) is 1.99. The van der Waals surface area contributed by atoms with Crippen molar-refractivity contribution in [2.24, 2.45) is 0 Å². The van der Waals surface area contributed by atoms with Gasteiger partial charge in [-0.1, -0.05) is 0 Å². The van der Waals surface area contributed by atoms with Crippen LogP contribution >= 0.6 is 0 Å². The van der Waals surface area contributed by atoms with E-state index in [9.17, 15) is 13.2 Å². The molecule has 3 aromatic rings. The summed E-state index contributed by atoms with van der Waals surface area (Å²) in [6.45, 7) is 0. The number of hydrogen-bond donors (Lipinski definition) is 1. The predicted octanol–water partition coefficient (Wildman–Crippen LogP) is 2.00. The zero-order chi connectivity index (χ0) is 16.4. The van der Waals surface area contributed by atoms with E-state index in [-0.39, 0.29) is 4.90 Å². The monoisotopic (exact) mass is 332 g/mol. The number of nitrogens with zero attached hydrogens (tertiary/aromatic N) is 1. The molecule has 3 rings (SSSR count). The first-order valence-electron chi connectivity index (χ1n) is 6.55. The predicted molar refractivity (Wildman–Crippen MR) is 84.1 cm³/mol. The van der Waals surface area contributed by atoms with Gasteiger partial charge in [-0.25, -0.2) is 18.2 Å². The zero-order valence-corrected chi connectivity index (χ0v) is 12.8. The Morgan fingerprint density at radius 3 is 2.65 bits per heavy atom. The maximum atomic E-state index is 12.4. The highest BCUT2D eigenvalue weighted by Gasteiger charge is 2.15. The molecule has 2 heterocycles. The average Bonchev–Trinajstić information content (AvgIpc) is 2.54. The first kappa shape index (κ1) is 15.0. The number of aromatic nitrogens is 1. The largest absolute Gasteiger partial charge is 0.481 e. The summed E-state index contributed by atoms with van der Waals surface area (Å²) in [5.74, 6) is 0.383. The number of fused-ring (bicyclic) bond motifs is 1. The summed E-state index contributed by atoms with van der Waals surface area (Å²) in [4.78, 5) is 15.1. The van der Waals surface area contributed by atoms with Gasteiger partial charge in [-0.15, -0.1) is 0 Å². The van der Waals surface area contributed by atoms with Crippen molar-refractivity contribution in [2.45, 2.75) is 4.90 Å². The lowest BCUT2D eigenvalue weighted by Crippen LogP contribution is -2.13. The second-order valence-electron chi connectivity index (χ2n) is 4.65. The summed E-state index contributed by atoms with van der Waals surface area (Å²) in [7, 11) is -2.31. The molecule has 0 bridgehead atoms. The molecule has 0 saturated carbocycles. The van der Waals surface area contributed by atoms with Gasteiger partial charge in [-0.2, -0.15) is 0 Å². The Bertz CT molecular complexity index is 1010. The Morgan fingerprint density at radius 2 is 1.96 bits per heavy atom. The SMILES string of the molecule is COc1ccc(NS(=O)(=O)c2ccc3oc(=O)ccc3c2)cn1. The molecule has 1 aromatic carbocycles. The summed E-state index contributed by atoms with van der Waals surface area (Å²) in [5, 5.41) is 0.514. The number of nitrogens with one attached hydrogen (secondary N) is 1.